The van der Waals surface area contributed by atoms with E-state index in [0.717, 1.165) is 44.9 Å². The molecule has 2 saturated carbocycles. The summed E-state index contributed by atoms with van der Waals surface area (Å²) in [6.07, 6.45) is 6.40. The van der Waals surface area contributed by atoms with Crippen molar-refractivity contribution in [1.82, 2.24) is 4.90 Å². The Morgan fingerprint density at radius 2 is 1.80 bits per heavy atom. The number of hydrogen-bond acceptors (Lipinski definition) is 3. The number of carbonyl (C=O) groups excluding carboxylic acids is 1. The highest BCUT2D eigenvalue weighted by Crippen LogP contribution is 2.32. The van der Waals surface area contributed by atoms with Gasteiger partial charge in [-0.1, -0.05) is 0 Å². The standard InChI is InChI=1S/C12H21NO2/c1-15-9-8-13(10-2-3-10)11-4-6-12(14)7-5-11/h10-11H,2-9H2,1H3. The first-order chi connectivity index (χ1) is 7.31. The Hall–Kier alpha value is -0.410. The monoisotopic (exact) mass is 211 g/mol. The van der Waals surface area contributed by atoms with E-state index in [9.17, 15) is 4.79 Å². The van der Waals surface area contributed by atoms with Gasteiger partial charge in [-0.3, -0.25) is 9.69 Å². The zero-order valence-electron chi connectivity index (χ0n) is 9.58. The lowest BCUT2D eigenvalue weighted by atomic mass is 9.93. The van der Waals surface area contributed by atoms with E-state index in [-0.39, 0.29) is 0 Å². The smallest absolute Gasteiger partial charge is 0.133 e. The Labute approximate surface area is 91.8 Å². The lowest BCUT2D eigenvalue weighted by Crippen LogP contribution is -2.41. The van der Waals surface area contributed by atoms with Crippen molar-refractivity contribution in [2.75, 3.05) is 20.3 Å². The molecule has 0 heterocycles. The Balaban J connectivity index is 1.83. The molecule has 0 saturated heterocycles. The van der Waals surface area contributed by atoms with Crippen LogP contribution in [-0.2, 0) is 9.53 Å². The average molecular weight is 211 g/mol. The molecule has 0 bridgehead atoms. The molecule has 2 aliphatic carbocycles. The molecule has 2 aliphatic rings. The number of hydrogen-bond donors (Lipinski definition) is 0. The quantitative estimate of drug-likeness (QED) is 0.692. The summed E-state index contributed by atoms with van der Waals surface area (Å²) < 4.78 is 5.15. The molecule has 0 atom stereocenters. The number of Topliss-reactive ketones (excluding diaryl/α,β-unsaturated/α-hetero) is 1. The molecule has 3 nitrogen and oxygen atoms in total. The summed E-state index contributed by atoms with van der Waals surface area (Å²) in [6, 6.07) is 1.43. The third kappa shape index (κ3) is 3.02. The Morgan fingerprint density at radius 1 is 1.20 bits per heavy atom. The van der Waals surface area contributed by atoms with E-state index in [2.05, 4.69) is 4.90 Å². The van der Waals surface area contributed by atoms with Gasteiger partial charge in [0.2, 0.25) is 0 Å². The normalized spacial score (nSPS) is 23.7. The number of ether oxygens (including phenoxy) is 1. The van der Waals surface area contributed by atoms with Crippen LogP contribution in [0.2, 0.25) is 0 Å². The predicted molar refractivity (Wildman–Crippen MR) is 58.9 cm³/mol. The molecule has 0 amide bonds. The minimum atomic E-state index is 0.453. The highest BCUT2D eigenvalue weighted by molar-refractivity contribution is 5.79. The molecule has 2 rings (SSSR count). The molecule has 2 fully saturated rings. The van der Waals surface area contributed by atoms with Gasteiger partial charge in [0.25, 0.3) is 0 Å². The molecular formula is C12H21NO2. The molecule has 0 unspecified atom stereocenters. The fraction of sp³-hybridized carbons (Fsp3) is 0.917. The van der Waals surface area contributed by atoms with Crippen LogP contribution in [0, 0.1) is 0 Å². The van der Waals surface area contributed by atoms with Crippen molar-refractivity contribution >= 4 is 5.78 Å². The largest absolute Gasteiger partial charge is 0.383 e. The van der Waals surface area contributed by atoms with Gasteiger partial charge in [0, 0.05) is 38.6 Å². The predicted octanol–water partition coefficient (Wildman–Crippen LogP) is 1.61. The second-order valence-electron chi connectivity index (χ2n) is 4.73. The first-order valence-electron chi connectivity index (χ1n) is 6.07. The van der Waals surface area contributed by atoms with E-state index in [1.165, 1.54) is 12.8 Å². The highest BCUT2D eigenvalue weighted by atomic mass is 16.5. The summed E-state index contributed by atoms with van der Waals surface area (Å²) in [5.41, 5.74) is 0. The molecule has 0 radical (unpaired) electrons. The van der Waals surface area contributed by atoms with Gasteiger partial charge in [-0.2, -0.15) is 0 Å². The van der Waals surface area contributed by atoms with E-state index >= 15 is 0 Å². The van der Waals surface area contributed by atoms with Crippen LogP contribution in [0.4, 0.5) is 0 Å². The number of carbonyl (C=O) groups is 1. The lowest BCUT2D eigenvalue weighted by molar-refractivity contribution is -0.121. The molecule has 0 aromatic rings. The number of rotatable bonds is 5. The summed E-state index contributed by atoms with van der Waals surface area (Å²) >= 11 is 0. The van der Waals surface area contributed by atoms with Gasteiger partial charge < -0.3 is 4.74 Å². The van der Waals surface area contributed by atoms with E-state index in [4.69, 9.17) is 4.74 Å². The Kier molecular flexibility index (Phi) is 3.76. The van der Waals surface area contributed by atoms with Crippen LogP contribution in [0.3, 0.4) is 0 Å². The number of nitrogens with zero attached hydrogens (tertiary/aromatic N) is 1. The maximum absolute atomic E-state index is 11.2. The van der Waals surface area contributed by atoms with Crippen LogP contribution < -0.4 is 0 Å². The Morgan fingerprint density at radius 3 is 2.33 bits per heavy atom. The van der Waals surface area contributed by atoms with Gasteiger partial charge in [-0.05, 0) is 25.7 Å². The summed E-state index contributed by atoms with van der Waals surface area (Å²) in [6.45, 7) is 1.86. The average Bonchev–Trinajstić information content (AvgIpc) is 3.05. The van der Waals surface area contributed by atoms with Crippen LogP contribution in [0.5, 0.6) is 0 Å². The molecule has 0 N–H and O–H groups in total. The van der Waals surface area contributed by atoms with E-state index < -0.39 is 0 Å². The van der Waals surface area contributed by atoms with Crippen LogP contribution in [-0.4, -0.2) is 43.0 Å². The molecule has 0 aromatic carbocycles. The second-order valence-corrected chi connectivity index (χ2v) is 4.73. The number of methoxy groups -OCH3 is 1. The Bertz CT molecular complexity index is 216. The van der Waals surface area contributed by atoms with E-state index in [1.54, 1.807) is 7.11 Å². The summed E-state index contributed by atoms with van der Waals surface area (Å²) in [4.78, 5) is 13.8. The molecule has 86 valence electrons. The third-order valence-electron chi connectivity index (χ3n) is 3.55. The van der Waals surface area contributed by atoms with Gasteiger partial charge >= 0.3 is 0 Å². The van der Waals surface area contributed by atoms with Crippen molar-refractivity contribution in [2.24, 2.45) is 0 Å². The van der Waals surface area contributed by atoms with Gasteiger partial charge in [0.15, 0.2) is 0 Å². The maximum atomic E-state index is 11.2. The van der Waals surface area contributed by atoms with Gasteiger partial charge in [-0.15, -0.1) is 0 Å². The lowest BCUT2D eigenvalue weighted by Gasteiger charge is -2.33. The van der Waals surface area contributed by atoms with Crippen LogP contribution >= 0.6 is 0 Å². The van der Waals surface area contributed by atoms with Crippen LogP contribution in [0.25, 0.3) is 0 Å². The molecule has 0 aromatic heterocycles. The fourth-order valence-corrected chi connectivity index (χ4v) is 2.52. The van der Waals surface area contributed by atoms with Crippen molar-refractivity contribution in [3.8, 4) is 0 Å². The van der Waals surface area contributed by atoms with E-state index in [1.807, 2.05) is 0 Å². The summed E-state index contributed by atoms with van der Waals surface area (Å²) in [5, 5.41) is 0. The van der Waals surface area contributed by atoms with Crippen LogP contribution in [0.1, 0.15) is 38.5 Å². The minimum absolute atomic E-state index is 0.453. The fourth-order valence-electron chi connectivity index (χ4n) is 2.52. The summed E-state index contributed by atoms with van der Waals surface area (Å²) in [7, 11) is 1.76. The minimum Gasteiger partial charge on any atom is -0.383 e. The van der Waals surface area contributed by atoms with Crippen molar-refractivity contribution < 1.29 is 9.53 Å². The first-order valence-corrected chi connectivity index (χ1v) is 6.07. The van der Waals surface area contributed by atoms with E-state index in [0.29, 0.717) is 11.8 Å². The SMILES string of the molecule is COCCN(C1CCC(=O)CC1)C1CC1. The molecule has 0 spiro atoms. The third-order valence-corrected chi connectivity index (χ3v) is 3.55. The van der Waals surface area contributed by atoms with Crippen molar-refractivity contribution in [1.29, 1.82) is 0 Å². The molecule has 15 heavy (non-hydrogen) atoms. The van der Waals surface area contributed by atoms with Crippen LogP contribution in [0.15, 0.2) is 0 Å². The summed E-state index contributed by atoms with van der Waals surface area (Å²) in [5.74, 6) is 0.453. The number of ketones is 1. The molecule has 0 aliphatic heterocycles. The zero-order valence-corrected chi connectivity index (χ0v) is 9.58. The van der Waals surface area contributed by atoms with Gasteiger partial charge in [-0.25, -0.2) is 0 Å². The maximum Gasteiger partial charge on any atom is 0.133 e. The van der Waals surface area contributed by atoms with Crippen molar-refractivity contribution in [3.63, 3.8) is 0 Å². The highest BCUT2D eigenvalue weighted by Gasteiger charge is 2.34. The zero-order chi connectivity index (χ0) is 10.7. The second kappa shape index (κ2) is 5.08. The van der Waals surface area contributed by atoms with Gasteiger partial charge in [0.05, 0.1) is 6.61 Å². The molecule has 3 heteroatoms. The topological polar surface area (TPSA) is 29.5 Å². The van der Waals surface area contributed by atoms with Crippen molar-refractivity contribution in [2.45, 2.75) is 50.6 Å². The van der Waals surface area contributed by atoms with Crippen molar-refractivity contribution in [3.05, 3.63) is 0 Å². The molecular weight excluding hydrogens is 190 g/mol. The first kappa shape index (κ1) is 11.1. The van der Waals surface area contributed by atoms with Gasteiger partial charge in [0.1, 0.15) is 5.78 Å².